The third-order valence-electron chi connectivity index (χ3n) is 1.92. The number of hydrogen-bond donors (Lipinski definition) is 1. The monoisotopic (exact) mass is 199 g/mol. The van der Waals surface area contributed by atoms with Gasteiger partial charge < -0.3 is 0 Å². The van der Waals surface area contributed by atoms with E-state index in [0.717, 1.165) is 22.1 Å². The number of nitrogens with zero attached hydrogens (tertiary/aromatic N) is 2. The molecule has 0 aliphatic heterocycles. The van der Waals surface area contributed by atoms with E-state index in [2.05, 4.69) is 5.10 Å². The van der Waals surface area contributed by atoms with E-state index in [0.29, 0.717) is 6.54 Å². The van der Waals surface area contributed by atoms with Crippen LogP contribution in [0.5, 0.6) is 0 Å². The number of carbonyl (C=O) groups excluding carboxylic acids is 1. The van der Waals surface area contributed by atoms with Gasteiger partial charge in [-0.05, 0) is 6.42 Å². The van der Waals surface area contributed by atoms with Crippen molar-refractivity contribution in [2.45, 2.75) is 33.2 Å². The summed E-state index contributed by atoms with van der Waals surface area (Å²) >= 11 is 0. The molecule has 1 heterocycles. The number of aromatic amines is 1. The molecule has 6 nitrogen and oxygen atoms in total. The Labute approximate surface area is 80.1 Å². The van der Waals surface area contributed by atoms with Gasteiger partial charge in [0.1, 0.15) is 0 Å². The number of aromatic nitrogens is 3. The van der Waals surface area contributed by atoms with Gasteiger partial charge in [-0.25, -0.2) is 19.3 Å². The molecule has 0 radical (unpaired) electrons. The van der Waals surface area contributed by atoms with Crippen LogP contribution in [0.3, 0.4) is 0 Å². The van der Waals surface area contributed by atoms with Crippen LogP contribution in [0.4, 0.5) is 0 Å². The lowest BCUT2D eigenvalue weighted by Gasteiger charge is -1.95. The SMILES string of the molecule is CCCCn1c(=O)[nH]n(C(C)=O)c1=O. The van der Waals surface area contributed by atoms with E-state index >= 15 is 0 Å². The van der Waals surface area contributed by atoms with Gasteiger partial charge >= 0.3 is 11.4 Å². The van der Waals surface area contributed by atoms with E-state index in [-0.39, 0.29) is 0 Å². The maximum absolute atomic E-state index is 11.4. The maximum atomic E-state index is 11.4. The van der Waals surface area contributed by atoms with Gasteiger partial charge in [0.25, 0.3) is 0 Å². The summed E-state index contributed by atoms with van der Waals surface area (Å²) in [6, 6.07) is 0. The zero-order valence-corrected chi connectivity index (χ0v) is 8.24. The average molecular weight is 199 g/mol. The summed E-state index contributed by atoms with van der Waals surface area (Å²) in [6.45, 7) is 3.54. The van der Waals surface area contributed by atoms with Gasteiger partial charge in [-0.15, -0.1) is 0 Å². The molecule has 1 N–H and O–H groups in total. The fraction of sp³-hybridized carbons (Fsp3) is 0.625. The highest BCUT2D eigenvalue weighted by Crippen LogP contribution is 1.87. The Morgan fingerprint density at radius 2 is 2.07 bits per heavy atom. The lowest BCUT2D eigenvalue weighted by atomic mass is 10.3. The van der Waals surface area contributed by atoms with Gasteiger partial charge in [-0.1, -0.05) is 13.3 Å². The highest BCUT2D eigenvalue weighted by molar-refractivity contribution is 5.74. The third kappa shape index (κ3) is 1.84. The van der Waals surface area contributed by atoms with Gasteiger partial charge in [0.15, 0.2) is 0 Å². The summed E-state index contributed by atoms with van der Waals surface area (Å²) in [7, 11) is 0. The highest BCUT2D eigenvalue weighted by atomic mass is 16.2. The van der Waals surface area contributed by atoms with Crippen molar-refractivity contribution in [3.63, 3.8) is 0 Å². The Hall–Kier alpha value is -1.59. The van der Waals surface area contributed by atoms with Crippen LogP contribution in [0.25, 0.3) is 0 Å². The van der Waals surface area contributed by atoms with Crippen molar-refractivity contribution in [2.24, 2.45) is 0 Å². The molecule has 0 atom stereocenters. The third-order valence-corrected chi connectivity index (χ3v) is 1.92. The first-order valence-corrected chi connectivity index (χ1v) is 4.50. The van der Waals surface area contributed by atoms with Crippen LogP contribution in [0.2, 0.25) is 0 Å². The second-order valence-corrected chi connectivity index (χ2v) is 3.06. The van der Waals surface area contributed by atoms with Gasteiger partial charge in [0, 0.05) is 13.5 Å². The quantitative estimate of drug-likeness (QED) is 0.732. The van der Waals surface area contributed by atoms with Crippen molar-refractivity contribution in [1.82, 2.24) is 14.3 Å². The normalized spacial score (nSPS) is 10.4. The first-order valence-electron chi connectivity index (χ1n) is 4.50. The van der Waals surface area contributed by atoms with Gasteiger partial charge in [0.05, 0.1) is 0 Å². The Bertz CT molecular complexity index is 437. The van der Waals surface area contributed by atoms with E-state index in [4.69, 9.17) is 0 Å². The van der Waals surface area contributed by atoms with Gasteiger partial charge in [-0.2, -0.15) is 4.68 Å². The molecule has 0 aromatic carbocycles. The van der Waals surface area contributed by atoms with Crippen LogP contribution in [0.1, 0.15) is 31.5 Å². The number of H-pyrrole nitrogens is 1. The second-order valence-electron chi connectivity index (χ2n) is 3.06. The highest BCUT2D eigenvalue weighted by Gasteiger charge is 2.10. The zero-order chi connectivity index (χ0) is 10.7. The summed E-state index contributed by atoms with van der Waals surface area (Å²) in [5.74, 6) is -0.484. The Balaban J connectivity index is 3.12. The molecular weight excluding hydrogens is 186 g/mol. The minimum atomic E-state index is -0.587. The molecule has 1 aromatic heterocycles. The number of hydrogen-bond acceptors (Lipinski definition) is 3. The van der Waals surface area contributed by atoms with Crippen LogP contribution < -0.4 is 11.4 Å². The topological polar surface area (TPSA) is 76.9 Å². The lowest BCUT2D eigenvalue weighted by Crippen LogP contribution is -2.30. The van der Waals surface area contributed by atoms with Crippen LogP contribution in [0, 0.1) is 0 Å². The average Bonchev–Trinajstić information content (AvgIpc) is 2.40. The smallest absolute Gasteiger partial charge is 0.273 e. The summed E-state index contributed by atoms with van der Waals surface area (Å²) < 4.78 is 1.75. The van der Waals surface area contributed by atoms with Crippen molar-refractivity contribution in [1.29, 1.82) is 0 Å². The fourth-order valence-electron chi connectivity index (χ4n) is 1.14. The Morgan fingerprint density at radius 3 is 2.50 bits per heavy atom. The Kier molecular flexibility index (Phi) is 3.06. The molecule has 78 valence electrons. The minimum absolute atomic E-state index is 0.352. The van der Waals surface area contributed by atoms with Crippen molar-refractivity contribution < 1.29 is 4.79 Å². The largest absolute Gasteiger partial charge is 0.354 e. The van der Waals surface area contributed by atoms with E-state index in [1.54, 1.807) is 0 Å². The van der Waals surface area contributed by atoms with Crippen LogP contribution in [-0.2, 0) is 6.54 Å². The van der Waals surface area contributed by atoms with Crippen molar-refractivity contribution in [3.8, 4) is 0 Å². The number of carbonyl (C=O) groups is 1. The van der Waals surface area contributed by atoms with Crippen LogP contribution in [0.15, 0.2) is 9.59 Å². The summed E-state index contributed by atoms with van der Waals surface area (Å²) in [5.41, 5.74) is -1.12. The van der Waals surface area contributed by atoms with Crippen molar-refractivity contribution in [3.05, 3.63) is 21.0 Å². The number of unbranched alkanes of at least 4 members (excludes halogenated alkanes) is 1. The predicted octanol–water partition coefficient (Wildman–Crippen LogP) is -0.202. The molecule has 0 aliphatic rings. The fourth-order valence-corrected chi connectivity index (χ4v) is 1.14. The predicted molar refractivity (Wildman–Crippen MR) is 50.5 cm³/mol. The van der Waals surface area contributed by atoms with Crippen molar-refractivity contribution in [2.75, 3.05) is 0 Å². The molecule has 14 heavy (non-hydrogen) atoms. The van der Waals surface area contributed by atoms with Crippen LogP contribution >= 0.6 is 0 Å². The maximum Gasteiger partial charge on any atom is 0.354 e. The molecule has 0 amide bonds. The molecule has 0 bridgehead atoms. The molecule has 0 saturated carbocycles. The van der Waals surface area contributed by atoms with Gasteiger partial charge in [0.2, 0.25) is 5.91 Å². The van der Waals surface area contributed by atoms with Crippen LogP contribution in [-0.4, -0.2) is 20.3 Å². The second kappa shape index (κ2) is 4.08. The van der Waals surface area contributed by atoms with E-state index < -0.39 is 17.3 Å². The van der Waals surface area contributed by atoms with E-state index in [1.165, 1.54) is 6.92 Å². The molecular formula is C8H13N3O3. The standard InChI is InChI=1S/C8H13N3O3/c1-3-4-5-10-7(13)9-11(6(2)12)8(10)14/h3-5H2,1-2H3,(H,9,13). The first kappa shape index (κ1) is 10.5. The van der Waals surface area contributed by atoms with E-state index in [9.17, 15) is 14.4 Å². The molecule has 0 saturated heterocycles. The van der Waals surface area contributed by atoms with Gasteiger partial charge in [-0.3, -0.25) is 4.79 Å². The number of rotatable bonds is 3. The summed E-state index contributed by atoms with van der Waals surface area (Å²) in [6.07, 6.45) is 1.63. The summed E-state index contributed by atoms with van der Waals surface area (Å²) in [5, 5.41) is 2.18. The minimum Gasteiger partial charge on any atom is -0.273 e. The molecule has 0 fully saturated rings. The molecule has 0 aliphatic carbocycles. The molecule has 0 unspecified atom stereocenters. The Morgan fingerprint density at radius 1 is 1.43 bits per heavy atom. The molecule has 1 rings (SSSR count). The van der Waals surface area contributed by atoms with E-state index in [1.807, 2.05) is 6.92 Å². The molecule has 0 spiro atoms. The first-order chi connectivity index (χ1) is 6.57. The number of nitrogens with one attached hydrogen (secondary N) is 1. The van der Waals surface area contributed by atoms with Crippen molar-refractivity contribution >= 4 is 5.91 Å². The molecule has 6 heteroatoms. The zero-order valence-electron chi connectivity index (χ0n) is 8.24. The molecule has 1 aromatic rings. The lowest BCUT2D eigenvalue weighted by molar-refractivity contribution is 0.0915. The summed E-state index contributed by atoms with van der Waals surface area (Å²) in [4.78, 5) is 33.5.